The van der Waals surface area contributed by atoms with Gasteiger partial charge in [-0.2, -0.15) is 0 Å². The Hall–Kier alpha value is -3.16. The van der Waals surface area contributed by atoms with E-state index in [0.29, 0.717) is 30.4 Å². The second kappa shape index (κ2) is 9.76. The molecule has 1 saturated heterocycles. The van der Waals surface area contributed by atoms with Crippen LogP contribution in [0.1, 0.15) is 43.1 Å². The molecule has 1 aromatic heterocycles. The van der Waals surface area contributed by atoms with E-state index in [1.807, 2.05) is 49.9 Å². The first-order chi connectivity index (χ1) is 14.7. The summed E-state index contributed by atoms with van der Waals surface area (Å²) in [7, 11) is 1.72. The van der Waals surface area contributed by atoms with Gasteiger partial charge in [0.2, 0.25) is 0 Å². The Morgan fingerprint density at radius 1 is 1.29 bits per heavy atom. The van der Waals surface area contributed by atoms with Gasteiger partial charge in [0.25, 0.3) is 5.91 Å². The molecule has 0 radical (unpaired) electrons. The van der Waals surface area contributed by atoms with E-state index in [1.54, 1.807) is 19.3 Å². The highest BCUT2D eigenvalue weighted by Gasteiger charge is 2.26. The molecular weight excluding hydrogens is 395 g/mol. The van der Waals surface area contributed by atoms with Crippen LogP contribution in [0.15, 0.2) is 47.6 Å². The quantitative estimate of drug-likeness (QED) is 0.506. The zero-order chi connectivity index (χ0) is 22.4. The highest BCUT2D eigenvalue weighted by atomic mass is 19.1. The van der Waals surface area contributed by atoms with Crippen molar-refractivity contribution in [2.75, 3.05) is 25.0 Å². The fourth-order valence-corrected chi connectivity index (χ4v) is 3.49. The Morgan fingerprint density at radius 2 is 2.10 bits per heavy atom. The van der Waals surface area contributed by atoms with Crippen LogP contribution in [0.2, 0.25) is 0 Å². The van der Waals surface area contributed by atoms with E-state index < -0.39 is 0 Å². The highest BCUT2D eigenvalue weighted by Crippen LogP contribution is 2.20. The van der Waals surface area contributed by atoms with Crippen molar-refractivity contribution >= 4 is 17.7 Å². The molecule has 1 aliphatic heterocycles. The topological polar surface area (TPSA) is 81.6 Å². The number of carbonyl (C=O) groups excluding carboxylic acids is 1. The lowest BCUT2D eigenvalue weighted by Gasteiger charge is -2.21. The fourth-order valence-electron chi connectivity index (χ4n) is 3.49. The number of pyridine rings is 1. The van der Waals surface area contributed by atoms with Crippen LogP contribution in [0, 0.1) is 5.82 Å². The van der Waals surface area contributed by atoms with Gasteiger partial charge in [0.15, 0.2) is 17.6 Å². The van der Waals surface area contributed by atoms with Crippen molar-refractivity contribution in [3.05, 3.63) is 59.5 Å². The Labute approximate surface area is 183 Å². The molecule has 1 fully saturated rings. The van der Waals surface area contributed by atoms with Gasteiger partial charge in [0, 0.05) is 50.0 Å². The number of amides is 1. The molecule has 166 valence electrons. The largest absolute Gasteiger partial charge is 0.352 e. The molecule has 8 heteroatoms. The summed E-state index contributed by atoms with van der Waals surface area (Å²) in [6, 6.07) is 10.7. The molecule has 0 aliphatic carbocycles. The van der Waals surface area contributed by atoms with Crippen molar-refractivity contribution in [1.82, 2.24) is 20.9 Å². The van der Waals surface area contributed by atoms with Gasteiger partial charge >= 0.3 is 0 Å². The lowest BCUT2D eigenvalue weighted by atomic mass is 10.1. The molecule has 2 heterocycles. The van der Waals surface area contributed by atoms with Crippen molar-refractivity contribution < 1.29 is 9.18 Å². The minimum absolute atomic E-state index is 0.0929. The summed E-state index contributed by atoms with van der Waals surface area (Å²) in [6.45, 7) is 7.78. The number of hydrogen-bond acceptors (Lipinski definition) is 4. The van der Waals surface area contributed by atoms with Crippen LogP contribution in [0.4, 0.5) is 10.2 Å². The minimum Gasteiger partial charge on any atom is -0.352 e. The molecule has 0 bridgehead atoms. The Bertz CT molecular complexity index is 940. The second-order valence-corrected chi connectivity index (χ2v) is 8.72. The van der Waals surface area contributed by atoms with Crippen LogP contribution in [-0.4, -0.2) is 48.6 Å². The maximum atomic E-state index is 14.0. The SMILES string of the molecule is CN=C(NCc1cccc(C(=O)NC(C)(C)C)c1)NC1CCN(c2ncccc2F)C1. The maximum Gasteiger partial charge on any atom is 0.251 e. The number of hydrogen-bond donors (Lipinski definition) is 3. The first-order valence-corrected chi connectivity index (χ1v) is 10.5. The van der Waals surface area contributed by atoms with Crippen LogP contribution < -0.4 is 20.9 Å². The standard InChI is InChI=1S/C23H31FN6O/c1-23(2,3)29-21(31)17-8-5-7-16(13-17)14-27-22(25-4)28-18-10-12-30(15-18)20-19(24)9-6-11-26-20/h5-9,11,13,18H,10,12,14-15H2,1-4H3,(H,29,31)(H2,25,27,28). The van der Waals surface area contributed by atoms with E-state index in [1.165, 1.54) is 6.07 Å². The number of nitrogens with zero attached hydrogens (tertiary/aromatic N) is 3. The van der Waals surface area contributed by atoms with Crippen molar-refractivity contribution in [2.24, 2.45) is 4.99 Å². The van der Waals surface area contributed by atoms with Crippen molar-refractivity contribution in [3.8, 4) is 0 Å². The number of anilines is 1. The zero-order valence-electron chi connectivity index (χ0n) is 18.6. The van der Waals surface area contributed by atoms with Gasteiger partial charge in [-0.05, 0) is 57.0 Å². The van der Waals surface area contributed by atoms with Crippen molar-refractivity contribution in [3.63, 3.8) is 0 Å². The molecule has 1 aromatic carbocycles. The first kappa shape index (κ1) is 22.5. The molecule has 7 nitrogen and oxygen atoms in total. The Morgan fingerprint density at radius 3 is 2.81 bits per heavy atom. The average Bonchev–Trinajstić information content (AvgIpc) is 3.18. The lowest BCUT2D eigenvalue weighted by molar-refractivity contribution is 0.0919. The van der Waals surface area contributed by atoms with E-state index in [-0.39, 0.29) is 23.3 Å². The van der Waals surface area contributed by atoms with Gasteiger partial charge in [-0.1, -0.05) is 12.1 Å². The number of benzene rings is 1. The molecule has 1 aliphatic rings. The van der Waals surface area contributed by atoms with E-state index >= 15 is 0 Å². The summed E-state index contributed by atoms with van der Waals surface area (Å²) in [5.41, 5.74) is 1.32. The molecule has 1 amide bonds. The van der Waals surface area contributed by atoms with Crippen LogP contribution >= 0.6 is 0 Å². The smallest absolute Gasteiger partial charge is 0.251 e. The van der Waals surface area contributed by atoms with Crippen LogP contribution in [0.25, 0.3) is 0 Å². The molecule has 3 rings (SSSR count). The first-order valence-electron chi connectivity index (χ1n) is 10.5. The van der Waals surface area contributed by atoms with Crippen molar-refractivity contribution in [2.45, 2.75) is 45.3 Å². The number of halogens is 1. The molecule has 0 saturated carbocycles. The summed E-state index contributed by atoms with van der Waals surface area (Å²) < 4.78 is 14.0. The average molecular weight is 427 g/mol. The number of aromatic nitrogens is 1. The molecule has 2 aromatic rings. The Balaban J connectivity index is 1.54. The third-order valence-electron chi connectivity index (χ3n) is 4.93. The van der Waals surface area contributed by atoms with E-state index in [0.717, 1.165) is 18.5 Å². The maximum absolute atomic E-state index is 14.0. The number of aliphatic imine (C=N–C) groups is 1. The molecule has 31 heavy (non-hydrogen) atoms. The molecule has 1 unspecified atom stereocenters. The number of nitrogens with one attached hydrogen (secondary N) is 3. The third kappa shape index (κ3) is 6.41. The normalized spacial score (nSPS) is 16.9. The lowest BCUT2D eigenvalue weighted by Crippen LogP contribution is -2.44. The summed E-state index contributed by atoms with van der Waals surface area (Å²) in [4.78, 5) is 22.8. The number of guanidine groups is 1. The fraction of sp³-hybridized carbons (Fsp3) is 0.435. The summed E-state index contributed by atoms with van der Waals surface area (Å²) in [5, 5.41) is 9.66. The van der Waals surface area contributed by atoms with Crippen LogP contribution in [-0.2, 0) is 6.54 Å². The monoisotopic (exact) mass is 426 g/mol. The van der Waals surface area contributed by atoms with E-state index in [4.69, 9.17) is 0 Å². The summed E-state index contributed by atoms with van der Waals surface area (Å²) in [5.74, 6) is 0.656. The molecular formula is C23H31FN6O. The van der Waals surface area contributed by atoms with Gasteiger partial charge in [0.1, 0.15) is 0 Å². The molecule has 1 atom stereocenters. The summed E-state index contributed by atoms with van der Waals surface area (Å²) >= 11 is 0. The van der Waals surface area contributed by atoms with Crippen LogP contribution in [0.5, 0.6) is 0 Å². The van der Waals surface area contributed by atoms with Crippen LogP contribution in [0.3, 0.4) is 0 Å². The highest BCUT2D eigenvalue weighted by molar-refractivity contribution is 5.94. The third-order valence-corrected chi connectivity index (χ3v) is 4.93. The van der Waals surface area contributed by atoms with Gasteiger partial charge in [-0.15, -0.1) is 0 Å². The van der Waals surface area contributed by atoms with Gasteiger partial charge in [-0.25, -0.2) is 9.37 Å². The predicted molar refractivity (Wildman–Crippen MR) is 122 cm³/mol. The summed E-state index contributed by atoms with van der Waals surface area (Å²) in [6.07, 6.45) is 2.47. The number of rotatable bonds is 5. The second-order valence-electron chi connectivity index (χ2n) is 8.72. The Kier molecular flexibility index (Phi) is 7.09. The van der Waals surface area contributed by atoms with Gasteiger partial charge in [-0.3, -0.25) is 9.79 Å². The van der Waals surface area contributed by atoms with Crippen molar-refractivity contribution in [1.29, 1.82) is 0 Å². The van der Waals surface area contributed by atoms with Gasteiger partial charge < -0.3 is 20.9 Å². The van der Waals surface area contributed by atoms with Gasteiger partial charge in [0.05, 0.1) is 0 Å². The molecule has 0 spiro atoms. The minimum atomic E-state index is -0.305. The number of carbonyl (C=O) groups is 1. The predicted octanol–water partition coefficient (Wildman–Crippen LogP) is 2.69. The van der Waals surface area contributed by atoms with E-state index in [9.17, 15) is 9.18 Å². The zero-order valence-corrected chi connectivity index (χ0v) is 18.6. The molecule has 3 N–H and O–H groups in total. The van der Waals surface area contributed by atoms with E-state index in [2.05, 4.69) is 25.9 Å².